The van der Waals surface area contributed by atoms with Crippen LogP contribution in [-0.2, 0) is 18.9 Å². The molecule has 46 heavy (non-hydrogen) atoms. The molecule has 0 spiro atoms. The largest absolute Gasteiger partial charge is 0.493 e. The zero-order valence-corrected chi connectivity index (χ0v) is 26.2. The summed E-state index contributed by atoms with van der Waals surface area (Å²) in [6.45, 7) is 5.31. The molecule has 0 bridgehead atoms. The highest BCUT2D eigenvalue weighted by Crippen LogP contribution is 2.32. The lowest BCUT2D eigenvalue weighted by Crippen LogP contribution is -2.61. The molecule has 256 valence electrons. The summed E-state index contributed by atoms with van der Waals surface area (Å²) < 4.78 is 38.7. The molecule has 0 aliphatic carbocycles. The Morgan fingerprint density at radius 2 is 1.52 bits per heavy atom. The number of hydrogen-bond acceptors (Lipinski definition) is 14. The van der Waals surface area contributed by atoms with Crippen LogP contribution in [0, 0.1) is 0 Å². The van der Waals surface area contributed by atoms with Crippen LogP contribution >= 0.6 is 0 Å². The van der Waals surface area contributed by atoms with Gasteiger partial charge >= 0.3 is 5.63 Å². The molecule has 14 nitrogen and oxygen atoms in total. The minimum Gasteiger partial charge on any atom is -0.493 e. The molecule has 6 N–H and O–H groups in total. The van der Waals surface area contributed by atoms with Gasteiger partial charge in [-0.15, -0.1) is 0 Å². The van der Waals surface area contributed by atoms with E-state index in [2.05, 4.69) is 0 Å². The summed E-state index contributed by atoms with van der Waals surface area (Å²) in [5.41, 5.74) is 1.87. The van der Waals surface area contributed by atoms with Gasteiger partial charge in [0, 0.05) is 17.5 Å². The fourth-order valence-corrected chi connectivity index (χ4v) is 5.08. The van der Waals surface area contributed by atoms with Gasteiger partial charge in [-0.3, -0.25) is 0 Å². The standard InChI is InChI=1S/C32H44O14/c1-16(10-11-41-22-13-20-19(12-21(22)40-4)8-9-24(33)45-20)6-5-7-17(2)14-42-32-30(39)28(37)26(35)23(46-32)15-43-31-29(38)27(36)25(34)18(3)44-31/h7-10,12-13,18,23,25-32,34-39H,5-6,11,14-15H2,1-4H3/b16-10+,17-7-/t18-,23+,25-,26+,27+,28-,29+,30+,31+,32+/m0/s1. The van der Waals surface area contributed by atoms with Gasteiger partial charge in [0.25, 0.3) is 0 Å². The molecular weight excluding hydrogens is 608 g/mol. The highest BCUT2D eigenvalue weighted by atomic mass is 16.7. The summed E-state index contributed by atoms with van der Waals surface area (Å²) in [6, 6.07) is 6.37. The quantitative estimate of drug-likeness (QED) is 0.129. The number of aliphatic hydroxyl groups is 6. The summed E-state index contributed by atoms with van der Waals surface area (Å²) in [6.07, 6.45) is -8.23. The smallest absolute Gasteiger partial charge is 0.336 e. The van der Waals surface area contributed by atoms with Gasteiger partial charge < -0.3 is 63.5 Å². The summed E-state index contributed by atoms with van der Waals surface area (Å²) in [5, 5.41) is 61.9. The zero-order chi connectivity index (χ0) is 33.5. The lowest BCUT2D eigenvalue weighted by atomic mass is 9.98. The summed E-state index contributed by atoms with van der Waals surface area (Å²) >= 11 is 0. The van der Waals surface area contributed by atoms with Crippen LogP contribution in [-0.4, -0.2) is 119 Å². The molecule has 14 heteroatoms. The van der Waals surface area contributed by atoms with Gasteiger partial charge in [0.2, 0.25) is 0 Å². The maximum absolute atomic E-state index is 11.6. The molecule has 10 atom stereocenters. The van der Waals surface area contributed by atoms with Gasteiger partial charge in [-0.2, -0.15) is 0 Å². The fourth-order valence-electron chi connectivity index (χ4n) is 5.08. The van der Waals surface area contributed by atoms with E-state index >= 15 is 0 Å². The molecule has 2 aromatic rings. The summed E-state index contributed by atoms with van der Waals surface area (Å²) in [4.78, 5) is 11.6. The second-order valence-corrected chi connectivity index (χ2v) is 11.6. The number of methoxy groups -OCH3 is 1. The molecule has 0 unspecified atom stereocenters. The van der Waals surface area contributed by atoms with Crippen molar-refractivity contribution in [2.45, 2.75) is 95.0 Å². The third-order valence-electron chi connectivity index (χ3n) is 7.98. The normalized spacial score (nSPS) is 32.5. The van der Waals surface area contributed by atoms with E-state index in [9.17, 15) is 35.4 Å². The van der Waals surface area contributed by atoms with Crippen LogP contribution in [0.2, 0.25) is 0 Å². The molecule has 4 rings (SSSR count). The zero-order valence-electron chi connectivity index (χ0n) is 26.2. The van der Waals surface area contributed by atoms with Gasteiger partial charge in [-0.05, 0) is 51.8 Å². The van der Waals surface area contributed by atoms with Crippen LogP contribution in [0.3, 0.4) is 0 Å². The first-order valence-electron chi connectivity index (χ1n) is 15.1. The van der Waals surface area contributed by atoms with E-state index in [0.717, 1.165) is 23.0 Å². The third kappa shape index (κ3) is 8.92. The van der Waals surface area contributed by atoms with Crippen molar-refractivity contribution in [1.29, 1.82) is 0 Å². The maximum atomic E-state index is 11.6. The predicted molar refractivity (Wildman–Crippen MR) is 162 cm³/mol. The van der Waals surface area contributed by atoms with Gasteiger partial charge in [0.15, 0.2) is 24.1 Å². The first-order valence-corrected chi connectivity index (χ1v) is 15.1. The SMILES string of the molecule is COc1cc2ccc(=O)oc2cc1OC/C=C(\C)CC/C=C(/C)CO[C@@H]1O[C@H](CO[C@@H]2O[C@@H](C)[C@H](O)[C@@H](O)[C@H]2O)[C@@H](O)[C@H](O)[C@H]1O. The number of allylic oxidation sites excluding steroid dienone is 2. The Morgan fingerprint density at radius 1 is 0.826 bits per heavy atom. The van der Waals surface area contributed by atoms with Gasteiger partial charge in [-0.25, -0.2) is 4.79 Å². The molecule has 2 aliphatic heterocycles. The van der Waals surface area contributed by atoms with Crippen molar-refractivity contribution >= 4 is 11.0 Å². The number of aliphatic hydroxyl groups excluding tert-OH is 6. The van der Waals surface area contributed by atoms with Crippen LogP contribution in [0.25, 0.3) is 11.0 Å². The van der Waals surface area contributed by atoms with Crippen molar-refractivity contribution in [2.75, 3.05) is 26.9 Å². The molecule has 2 aliphatic rings. The van der Waals surface area contributed by atoms with Gasteiger partial charge in [0.1, 0.15) is 54.9 Å². The van der Waals surface area contributed by atoms with E-state index in [1.807, 2.05) is 26.0 Å². The topological polar surface area (TPSA) is 207 Å². The van der Waals surface area contributed by atoms with E-state index in [0.29, 0.717) is 23.5 Å². The molecule has 2 fully saturated rings. The number of ether oxygens (including phenoxy) is 6. The minimum atomic E-state index is -1.59. The van der Waals surface area contributed by atoms with Crippen LogP contribution in [0.5, 0.6) is 11.5 Å². The second kappa shape index (κ2) is 16.3. The van der Waals surface area contributed by atoms with Crippen molar-refractivity contribution < 1.29 is 63.5 Å². The Morgan fingerprint density at radius 3 is 2.24 bits per heavy atom. The molecule has 3 heterocycles. The average molecular weight is 653 g/mol. The maximum Gasteiger partial charge on any atom is 0.336 e. The van der Waals surface area contributed by atoms with Gasteiger partial charge in [-0.1, -0.05) is 17.2 Å². The van der Waals surface area contributed by atoms with E-state index in [-0.39, 0.29) is 19.8 Å². The molecule has 0 amide bonds. The predicted octanol–water partition coefficient (Wildman–Crippen LogP) is 0.521. The van der Waals surface area contributed by atoms with Gasteiger partial charge in [0.05, 0.1) is 26.4 Å². The number of fused-ring (bicyclic) bond motifs is 1. The molecule has 0 radical (unpaired) electrons. The molecule has 0 saturated carbocycles. The first kappa shape index (κ1) is 36.0. The molecular formula is C32H44O14. The Labute approximate surface area is 266 Å². The highest BCUT2D eigenvalue weighted by molar-refractivity contribution is 5.80. The number of rotatable bonds is 13. The number of benzene rings is 1. The Kier molecular flexibility index (Phi) is 12.7. The summed E-state index contributed by atoms with van der Waals surface area (Å²) in [5.74, 6) is 0.971. The molecule has 2 saturated heterocycles. The van der Waals surface area contributed by atoms with Crippen LogP contribution in [0.15, 0.2) is 56.8 Å². The molecule has 1 aromatic carbocycles. The Hall–Kier alpha value is -2.89. The minimum absolute atomic E-state index is 0.0773. The van der Waals surface area contributed by atoms with Crippen molar-refractivity contribution in [3.8, 4) is 11.5 Å². The van der Waals surface area contributed by atoms with E-state index in [4.69, 9.17) is 32.8 Å². The second-order valence-electron chi connectivity index (χ2n) is 11.6. The Bertz CT molecular complexity index is 1400. The third-order valence-corrected chi connectivity index (χ3v) is 7.98. The fraction of sp³-hybridized carbons (Fsp3) is 0.594. The Balaban J connectivity index is 1.23. The monoisotopic (exact) mass is 652 g/mol. The lowest BCUT2D eigenvalue weighted by Gasteiger charge is -2.42. The van der Waals surface area contributed by atoms with E-state index in [1.54, 1.807) is 18.2 Å². The van der Waals surface area contributed by atoms with Crippen LogP contribution in [0.1, 0.15) is 33.6 Å². The van der Waals surface area contributed by atoms with Crippen molar-refractivity contribution in [3.63, 3.8) is 0 Å². The summed E-state index contributed by atoms with van der Waals surface area (Å²) in [7, 11) is 1.53. The van der Waals surface area contributed by atoms with Crippen molar-refractivity contribution in [1.82, 2.24) is 0 Å². The number of hydrogen-bond donors (Lipinski definition) is 6. The van der Waals surface area contributed by atoms with Crippen molar-refractivity contribution in [2.24, 2.45) is 0 Å². The first-order chi connectivity index (χ1) is 21.9. The molecule has 1 aromatic heterocycles. The van der Waals surface area contributed by atoms with Crippen LogP contribution < -0.4 is 15.1 Å². The van der Waals surface area contributed by atoms with E-state index in [1.165, 1.54) is 20.1 Å². The van der Waals surface area contributed by atoms with Crippen molar-refractivity contribution in [3.05, 3.63) is 58.0 Å². The van der Waals surface area contributed by atoms with Crippen LogP contribution in [0.4, 0.5) is 0 Å². The average Bonchev–Trinajstić information content (AvgIpc) is 3.03. The van der Waals surface area contributed by atoms with E-state index < -0.39 is 67.0 Å². The lowest BCUT2D eigenvalue weighted by molar-refractivity contribution is -0.327. The highest BCUT2D eigenvalue weighted by Gasteiger charge is 2.46.